The highest BCUT2D eigenvalue weighted by Crippen LogP contribution is 2.37. The molecule has 0 aromatic rings. The highest BCUT2D eigenvalue weighted by Gasteiger charge is 2.63. The van der Waals surface area contributed by atoms with Gasteiger partial charge in [-0.25, -0.2) is 4.99 Å². The number of nitrogens with zero attached hydrogens (tertiary/aromatic N) is 1. The van der Waals surface area contributed by atoms with Crippen LogP contribution in [0, 0.1) is 0 Å². The van der Waals surface area contributed by atoms with Gasteiger partial charge < -0.3 is 25.4 Å². The smallest absolute Gasteiger partial charge is 0.285 e. The number of hydrogen-bond acceptors (Lipinski definition) is 5. The minimum atomic E-state index is -1.19. The molecule has 17 heavy (non-hydrogen) atoms. The molecule has 1 aliphatic heterocycles. The van der Waals surface area contributed by atoms with Crippen molar-refractivity contribution < 1.29 is 20.1 Å². The summed E-state index contributed by atoms with van der Waals surface area (Å²) in [6, 6.07) is -0.177. The molecule has 0 amide bonds. The first-order chi connectivity index (χ1) is 8.00. The second kappa shape index (κ2) is 4.44. The maximum atomic E-state index is 9.86. The van der Waals surface area contributed by atoms with E-state index >= 15 is 0 Å². The molecule has 2 aliphatic rings. The summed E-state index contributed by atoms with van der Waals surface area (Å²) in [6.07, 6.45) is -1.34. The van der Waals surface area contributed by atoms with Gasteiger partial charge in [-0.2, -0.15) is 0 Å². The van der Waals surface area contributed by atoms with Crippen LogP contribution in [0.5, 0.6) is 0 Å². The summed E-state index contributed by atoms with van der Waals surface area (Å²) < 4.78 is 5.54. The Balaban J connectivity index is 2.08. The predicted molar refractivity (Wildman–Crippen MR) is 61.6 cm³/mol. The molecule has 1 saturated heterocycles. The lowest BCUT2D eigenvalue weighted by Crippen LogP contribution is -2.46. The molecule has 6 nitrogen and oxygen atoms in total. The van der Waals surface area contributed by atoms with Gasteiger partial charge in [-0.3, -0.25) is 0 Å². The van der Waals surface area contributed by atoms with Crippen molar-refractivity contribution in [2.75, 3.05) is 6.54 Å². The van der Waals surface area contributed by atoms with Crippen molar-refractivity contribution in [2.45, 2.75) is 56.6 Å². The zero-order valence-electron chi connectivity index (χ0n) is 10.1. The van der Waals surface area contributed by atoms with Gasteiger partial charge >= 0.3 is 0 Å². The Hall–Kier alpha value is -0.850. The number of aliphatic hydroxyl groups excluding tert-OH is 3. The molecule has 6 heteroatoms. The Kier molecular flexibility index (Phi) is 3.29. The van der Waals surface area contributed by atoms with E-state index in [0.717, 1.165) is 12.8 Å². The van der Waals surface area contributed by atoms with Crippen molar-refractivity contribution in [1.82, 2.24) is 5.32 Å². The van der Waals surface area contributed by atoms with E-state index in [4.69, 9.17) is 4.74 Å². The molecule has 5 atom stereocenters. The van der Waals surface area contributed by atoms with Crippen molar-refractivity contribution in [3.05, 3.63) is 0 Å². The summed E-state index contributed by atoms with van der Waals surface area (Å²) >= 11 is 0. The maximum Gasteiger partial charge on any atom is 0.285 e. The van der Waals surface area contributed by atoms with Crippen molar-refractivity contribution in [3.63, 3.8) is 0 Å². The van der Waals surface area contributed by atoms with Crippen LogP contribution in [0.4, 0.5) is 0 Å². The molecular weight excluding hydrogens is 224 g/mol. The number of hydrogen-bond donors (Lipinski definition) is 4. The van der Waals surface area contributed by atoms with Gasteiger partial charge in [0.1, 0.15) is 24.4 Å². The second-order valence-corrected chi connectivity index (χ2v) is 4.87. The van der Waals surface area contributed by atoms with Crippen LogP contribution in [0.25, 0.3) is 0 Å². The summed E-state index contributed by atoms with van der Waals surface area (Å²) in [6.45, 7) is 4.39. The fourth-order valence-electron chi connectivity index (χ4n) is 2.39. The molecular formula is C11H20N2O4. The summed E-state index contributed by atoms with van der Waals surface area (Å²) in [4.78, 5) is 4.21. The third-order valence-corrected chi connectivity index (χ3v) is 3.58. The fraction of sp³-hybridized carbons (Fsp3) is 0.909. The van der Waals surface area contributed by atoms with Crippen molar-refractivity contribution >= 4 is 6.02 Å². The van der Waals surface area contributed by atoms with Crippen LogP contribution in [0.1, 0.15) is 26.7 Å². The van der Waals surface area contributed by atoms with E-state index in [-0.39, 0.29) is 0 Å². The minimum Gasteiger partial charge on any atom is -0.454 e. The lowest BCUT2D eigenvalue weighted by Gasteiger charge is -2.25. The first-order valence-corrected chi connectivity index (χ1v) is 6.05. The molecule has 0 aromatic heterocycles. The Bertz CT molecular complexity index is 323. The van der Waals surface area contributed by atoms with Gasteiger partial charge in [-0.1, -0.05) is 13.3 Å². The van der Waals surface area contributed by atoms with Crippen LogP contribution in [-0.2, 0) is 4.74 Å². The molecule has 0 aromatic carbocycles. The normalized spacial score (nSPS) is 46.8. The molecule has 5 unspecified atom stereocenters. The average molecular weight is 244 g/mol. The molecule has 98 valence electrons. The standard InChI is InChI=1S/C11H20N2O4/c1-3-4-5-12-10-13-8-6(14)7(15)9(16)11(8,2)17-10/h6-9,14-16H,3-5H2,1-2H3,(H,12,13). The van der Waals surface area contributed by atoms with E-state index < -0.39 is 30.0 Å². The number of amidine groups is 1. The number of nitrogens with one attached hydrogen (secondary N) is 1. The lowest BCUT2D eigenvalue weighted by molar-refractivity contribution is -0.0701. The number of ether oxygens (including phenoxy) is 1. The Morgan fingerprint density at radius 1 is 1.35 bits per heavy atom. The van der Waals surface area contributed by atoms with Gasteiger partial charge in [0, 0.05) is 6.54 Å². The first kappa shape index (κ1) is 12.6. The molecule has 1 saturated carbocycles. The average Bonchev–Trinajstić information content (AvgIpc) is 2.71. The van der Waals surface area contributed by atoms with Crippen LogP contribution in [0.15, 0.2) is 4.99 Å². The monoisotopic (exact) mass is 244 g/mol. The van der Waals surface area contributed by atoms with E-state index in [2.05, 4.69) is 17.2 Å². The maximum absolute atomic E-state index is 9.86. The summed E-state index contributed by atoms with van der Waals surface area (Å²) in [5.41, 5.74) is -1.01. The zero-order chi connectivity index (χ0) is 12.6. The van der Waals surface area contributed by atoms with Gasteiger partial charge in [0.2, 0.25) is 0 Å². The van der Waals surface area contributed by atoms with E-state index in [1.54, 1.807) is 6.92 Å². The SMILES string of the molecule is CCCCN=C1NC2C(O)C(O)C(O)C2(C)O1. The Morgan fingerprint density at radius 3 is 2.65 bits per heavy atom. The van der Waals surface area contributed by atoms with Crippen LogP contribution < -0.4 is 5.32 Å². The van der Waals surface area contributed by atoms with Gasteiger partial charge in [0.25, 0.3) is 6.02 Å². The molecule has 0 radical (unpaired) electrons. The third kappa shape index (κ3) is 1.90. The molecule has 2 fully saturated rings. The number of rotatable bonds is 3. The van der Waals surface area contributed by atoms with E-state index in [1.807, 2.05) is 0 Å². The van der Waals surface area contributed by atoms with E-state index in [0.29, 0.717) is 12.6 Å². The summed E-state index contributed by atoms with van der Waals surface area (Å²) in [5, 5.41) is 32.1. The molecule has 2 rings (SSSR count). The van der Waals surface area contributed by atoms with Crippen LogP contribution >= 0.6 is 0 Å². The Labute approximate surface area is 100 Å². The van der Waals surface area contributed by atoms with E-state index in [1.165, 1.54) is 0 Å². The molecule has 1 heterocycles. The summed E-state index contributed by atoms with van der Waals surface area (Å²) in [5.74, 6) is 0. The number of aliphatic hydroxyl groups is 3. The fourth-order valence-corrected chi connectivity index (χ4v) is 2.39. The minimum absolute atomic E-state index is 0.343. The van der Waals surface area contributed by atoms with Gasteiger partial charge in [-0.15, -0.1) is 0 Å². The van der Waals surface area contributed by atoms with Crippen LogP contribution in [0.3, 0.4) is 0 Å². The van der Waals surface area contributed by atoms with Gasteiger partial charge in [-0.05, 0) is 13.3 Å². The van der Waals surface area contributed by atoms with Crippen LogP contribution in [-0.4, -0.2) is 57.8 Å². The van der Waals surface area contributed by atoms with Crippen molar-refractivity contribution in [3.8, 4) is 0 Å². The highest BCUT2D eigenvalue weighted by atomic mass is 16.6. The highest BCUT2D eigenvalue weighted by molar-refractivity contribution is 5.77. The van der Waals surface area contributed by atoms with E-state index in [9.17, 15) is 15.3 Å². The topological polar surface area (TPSA) is 94.3 Å². The number of unbranched alkanes of at least 4 members (excludes halogenated alkanes) is 1. The molecule has 1 aliphatic carbocycles. The summed E-state index contributed by atoms with van der Waals surface area (Å²) in [7, 11) is 0. The van der Waals surface area contributed by atoms with Crippen molar-refractivity contribution in [2.24, 2.45) is 4.99 Å². The molecule has 0 spiro atoms. The predicted octanol–water partition coefficient (Wildman–Crippen LogP) is -1.01. The second-order valence-electron chi connectivity index (χ2n) is 4.87. The van der Waals surface area contributed by atoms with Crippen molar-refractivity contribution in [1.29, 1.82) is 0 Å². The largest absolute Gasteiger partial charge is 0.454 e. The molecule has 0 bridgehead atoms. The van der Waals surface area contributed by atoms with Gasteiger partial charge in [0.15, 0.2) is 5.60 Å². The third-order valence-electron chi connectivity index (χ3n) is 3.58. The molecule has 4 N–H and O–H groups in total. The van der Waals surface area contributed by atoms with Crippen LogP contribution in [0.2, 0.25) is 0 Å². The number of fused-ring (bicyclic) bond motifs is 1. The first-order valence-electron chi connectivity index (χ1n) is 6.05. The quantitative estimate of drug-likeness (QED) is 0.477. The number of aliphatic imine (C=N–C) groups is 1. The lowest BCUT2D eigenvalue weighted by atomic mass is 9.99. The Morgan fingerprint density at radius 2 is 2.06 bits per heavy atom. The zero-order valence-corrected chi connectivity index (χ0v) is 10.1. The van der Waals surface area contributed by atoms with Gasteiger partial charge in [0.05, 0.1) is 0 Å².